The van der Waals surface area contributed by atoms with Crippen LogP contribution in [0.1, 0.15) is 0 Å². The highest BCUT2D eigenvalue weighted by Gasteiger charge is 2.06. The Morgan fingerprint density at radius 2 is 1.68 bits per heavy atom. The van der Waals surface area contributed by atoms with Crippen molar-refractivity contribution in [3.63, 3.8) is 0 Å². The molecule has 19 heavy (non-hydrogen) atoms. The molecule has 1 aromatic heterocycles. The molecule has 3 rings (SSSR count). The van der Waals surface area contributed by atoms with Crippen LogP contribution < -0.4 is 10.6 Å². The summed E-state index contributed by atoms with van der Waals surface area (Å²) in [6, 6.07) is 17.7. The molecular weight excluding hydrogens is 256 g/mol. The Labute approximate surface area is 115 Å². The fourth-order valence-electron chi connectivity index (χ4n) is 1.85. The molecule has 0 fully saturated rings. The predicted molar refractivity (Wildman–Crippen MR) is 82.4 cm³/mol. The van der Waals surface area contributed by atoms with Crippen LogP contribution in [0.5, 0.6) is 0 Å². The summed E-state index contributed by atoms with van der Waals surface area (Å²) in [5, 5.41) is 14.9. The van der Waals surface area contributed by atoms with E-state index in [2.05, 4.69) is 20.8 Å². The second-order valence-corrected chi connectivity index (χ2v) is 4.47. The molecule has 0 aliphatic rings. The highest BCUT2D eigenvalue weighted by atomic mass is 32.1. The number of aromatic nitrogens is 2. The zero-order valence-electron chi connectivity index (χ0n) is 10.1. The van der Waals surface area contributed by atoms with Crippen LogP contribution in [0.15, 0.2) is 54.6 Å². The lowest BCUT2D eigenvalue weighted by Crippen LogP contribution is -2.19. The van der Waals surface area contributed by atoms with E-state index in [0.29, 0.717) is 5.11 Å². The Morgan fingerprint density at radius 3 is 2.53 bits per heavy atom. The number of benzene rings is 2. The number of aromatic amines is 1. The first-order chi connectivity index (χ1) is 9.33. The van der Waals surface area contributed by atoms with Gasteiger partial charge in [0.15, 0.2) is 10.9 Å². The first-order valence-electron chi connectivity index (χ1n) is 5.89. The van der Waals surface area contributed by atoms with Gasteiger partial charge >= 0.3 is 0 Å². The van der Waals surface area contributed by atoms with E-state index in [4.69, 9.17) is 12.2 Å². The van der Waals surface area contributed by atoms with Gasteiger partial charge in [0.2, 0.25) is 0 Å². The highest BCUT2D eigenvalue weighted by molar-refractivity contribution is 7.80. The Hall–Kier alpha value is -2.40. The normalized spacial score (nSPS) is 10.3. The average Bonchev–Trinajstić information content (AvgIpc) is 2.83. The van der Waals surface area contributed by atoms with Crippen LogP contribution in [0.25, 0.3) is 10.9 Å². The van der Waals surface area contributed by atoms with Gasteiger partial charge in [0, 0.05) is 11.1 Å². The zero-order chi connectivity index (χ0) is 13.1. The zero-order valence-corrected chi connectivity index (χ0v) is 10.9. The number of H-pyrrole nitrogens is 1. The van der Waals surface area contributed by atoms with E-state index in [-0.39, 0.29) is 0 Å². The molecule has 1 heterocycles. The van der Waals surface area contributed by atoms with Crippen LogP contribution in [0, 0.1) is 0 Å². The van der Waals surface area contributed by atoms with Crippen molar-refractivity contribution in [1.82, 2.24) is 10.2 Å². The molecule has 0 aliphatic carbocycles. The number of anilines is 2. The lowest BCUT2D eigenvalue weighted by Gasteiger charge is -2.08. The molecule has 0 amide bonds. The van der Waals surface area contributed by atoms with E-state index in [1.807, 2.05) is 54.6 Å². The smallest absolute Gasteiger partial charge is 0.176 e. The maximum absolute atomic E-state index is 5.27. The van der Waals surface area contributed by atoms with E-state index in [0.717, 1.165) is 22.4 Å². The summed E-state index contributed by atoms with van der Waals surface area (Å²) >= 11 is 5.27. The summed E-state index contributed by atoms with van der Waals surface area (Å²) in [7, 11) is 0. The summed E-state index contributed by atoms with van der Waals surface area (Å²) in [6.07, 6.45) is 0. The van der Waals surface area contributed by atoms with Crippen molar-refractivity contribution in [1.29, 1.82) is 0 Å². The minimum absolute atomic E-state index is 0.517. The van der Waals surface area contributed by atoms with Gasteiger partial charge in [-0.25, -0.2) is 0 Å². The van der Waals surface area contributed by atoms with Crippen LogP contribution in [-0.4, -0.2) is 15.3 Å². The molecule has 0 aliphatic heterocycles. The molecule has 0 saturated carbocycles. The summed E-state index contributed by atoms with van der Waals surface area (Å²) in [5.41, 5.74) is 1.92. The largest absolute Gasteiger partial charge is 0.332 e. The topological polar surface area (TPSA) is 52.7 Å². The molecule has 2 aromatic carbocycles. The minimum Gasteiger partial charge on any atom is -0.332 e. The number of rotatable bonds is 2. The third-order valence-electron chi connectivity index (χ3n) is 2.73. The van der Waals surface area contributed by atoms with Crippen molar-refractivity contribution in [2.75, 3.05) is 10.6 Å². The summed E-state index contributed by atoms with van der Waals surface area (Å²) in [4.78, 5) is 0. The van der Waals surface area contributed by atoms with E-state index >= 15 is 0 Å². The van der Waals surface area contributed by atoms with E-state index in [1.165, 1.54) is 0 Å². The average molecular weight is 268 g/mol. The monoisotopic (exact) mass is 268 g/mol. The molecule has 0 radical (unpaired) electrons. The van der Waals surface area contributed by atoms with Crippen molar-refractivity contribution in [2.45, 2.75) is 0 Å². The van der Waals surface area contributed by atoms with Gasteiger partial charge in [-0.15, -0.1) is 0 Å². The number of thiocarbonyl (C=S) groups is 1. The number of nitrogens with one attached hydrogen (secondary N) is 3. The number of hydrogen-bond acceptors (Lipinski definition) is 2. The van der Waals surface area contributed by atoms with Gasteiger partial charge in [-0.1, -0.05) is 30.3 Å². The van der Waals surface area contributed by atoms with Gasteiger partial charge in [0.1, 0.15) is 0 Å². The van der Waals surface area contributed by atoms with E-state index in [9.17, 15) is 0 Å². The Bertz CT molecular complexity index is 706. The molecule has 3 N–H and O–H groups in total. The first-order valence-corrected chi connectivity index (χ1v) is 6.30. The van der Waals surface area contributed by atoms with Gasteiger partial charge in [0.05, 0.1) is 5.52 Å². The summed E-state index contributed by atoms with van der Waals surface area (Å²) < 4.78 is 0. The number of hydrogen-bond donors (Lipinski definition) is 3. The second kappa shape index (κ2) is 5.07. The van der Waals surface area contributed by atoms with E-state index < -0.39 is 0 Å². The van der Waals surface area contributed by atoms with Crippen LogP contribution in [-0.2, 0) is 0 Å². The molecule has 0 unspecified atom stereocenters. The Kier molecular flexibility index (Phi) is 3.12. The van der Waals surface area contributed by atoms with E-state index in [1.54, 1.807) is 0 Å². The first kappa shape index (κ1) is 11.7. The minimum atomic E-state index is 0.517. The van der Waals surface area contributed by atoms with Gasteiger partial charge in [0.25, 0.3) is 0 Å². The van der Waals surface area contributed by atoms with Crippen LogP contribution in [0.2, 0.25) is 0 Å². The number of para-hydroxylation sites is 2. The van der Waals surface area contributed by atoms with Gasteiger partial charge < -0.3 is 10.6 Å². The Balaban J connectivity index is 1.76. The third kappa shape index (κ3) is 2.56. The van der Waals surface area contributed by atoms with Crippen molar-refractivity contribution >= 4 is 39.7 Å². The highest BCUT2D eigenvalue weighted by Crippen LogP contribution is 2.19. The van der Waals surface area contributed by atoms with Crippen molar-refractivity contribution in [2.24, 2.45) is 0 Å². The maximum Gasteiger partial charge on any atom is 0.176 e. The van der Waals surface area contributed by atoms with Crippen molar-refractivity contribution in [3.8, 4) is 0 Å². The molecule has 0 saturated heterocycles. The molecule has 5 heteroatoms. The maximum atomic E-state index is 5.27. The predicted octanol–water partition coefficient (Wildman–Crippen LogP) is 3.37. The quantitative estimate of drug-likeness (QED) is 0.624. The van der Waals surface area contributed by atoms with Crippen molar-refractivity contribution in [3.05, 3.63) is 54.6 Å². The SMILES string of the molecule is S=C(Nc1ccccc1)Nc1n[nH]c2ccccc12. The molecule has 0 bridgehead atoms. The molecular formula is C14H12N4S. The van der Waals surface area contributed by atoms with Crippen LogP contribution in [0.3, 0.4) is 0 Å². The summed E-state index contributed by atoms with van der Waals surface area (Å²) in [5.74, 6) is 0.726. The lowest BCUT2D eigenvalue weighted by atomic mass is 10.2. The standard InChI is InChI=1S/C14H12N4S/c19-14(15-10-6-2-1-3-7-10)16-13-11-8-4-5-9-12(11)17-18-13/h1-9H,(H3,15,16,17,18,19). The molecule has 4 nitrogen and oxygen atoms in total. The fourth-order valence-corrected chi connectivity index (χ4v) is 2.06. The van der Waals surface area contributed by atoms with Gasteiger partial charge in [-0.2, -0.15) is 5.10 Å². The second-order valence-electron chi connectivity index (χ2n) is 4.06. The van der Waals surface area contributed by atoms with Crippen LogP contribution >= 0.6 is 12.2 Å². The van der Waals surface area contributed by atoms with Crippen LogP contribution in [0.4, 0.5) is 11.5 Å². The third-order valence-corrected chi connectivity index (χ3v) is 2.94. The molecule has 3 aromatic rings. The summed E-state index contributed by atoms with van der Waals surface area (Å²) in [6.45, 7) is 0. The molecule has 0 spiro atoms. The number of fused-ring (bicyclic) bond motifs is 1. The van der Waals surface area contributed by atoms with Gasteiger partial charge in [-0.3, -0.25) is 5.10 Å². The van der Waals surface area contributed by atoms with Gasteiger partial charge in [-0.05, 0) is 36.5 Å². The fraction of sp³-hybridized carbons (Fsp3) is 0. The Morgan fingerprint density at radius 1 is 0.947 bits per heavy atom. The molecule has 94 valence electrons. The molecule has 0 atom stereocenters. The van der Waals surface area contributed by atoms with Crippen molar-refractivity contribution < 1.29 is 0 Å². The lowest BCUT2D eigenvalue weighted by molar-refractivity contribution is 1.12. The number of nitrogens with zero attached hydrogens (tertiary/aromatic N) is 1.